The third kappa shape index (κ3) is 6.38. The molecular weight excluding hydrogens is 410 g/mol. The Morgan fingerprint density at radius 2 is 1.75 bits per heavy atom. The van der Waals surface area contributed by atoms with Crippen LogP contribution in [0.25, 0.3) is 0 Å². The summed E-state index contributed by atoms with van der Waals surface area (Å²) in [4.78, 5) is 26.9. The summed E-state index contributed by atoms with van der Waals surface area (Å²) in [7, 11) is 0. The Morgan fingerprint density at radius 1 is 1.00 bits per heavy atom. The lowest BCUT2D eigenvalue weighted by Gasteiger charge is -2.26. The summed E-state index contributed by atoms with van der Waals surface area (Å²) in [6, 6.07) is 13.5. The van der Waals surface area contributed by atoms with Crippen molar-refractivity contribution in [2.45, 2.75) is 26.2 Å². The van der Waals surface area contributed by atoms with Crippen LogP contribution in [-0.2, 0) is 4.79 Å². The van der Waals surface area contributed by atoms with E-state index in [-0.39, 0.29) is 25.0 Å². The molecule has 0 aromatic heterocycles. The molecule has 2 aromatic rings. The number of amides is 2. The fourth-order valence-corrected chi connectivity index (χ4v) is 3.36. The Hall–Kier alpha value is -3.73. The molecule has 1 N–H and O–H groups in total. The number of carbonyl (C=O) groups is 2. The maximum Gasteiger partial charge on any atom is 0.260 e. The van der Waals surface area contributed by atoms with E-state index in [0.29, 0.717) is 35.1 Å². The number of carbonyl (C=O) groups excluding carboxylic acids is 2. The highest BCUT2D eigenvalue weighted by Gasteiger charge is 2.18. The fourth-order valence-electron chi connectivity index (χ4n) is 3.36. The summed E-state index contributed by atoms with van der Waals surface area (Å²) < 4.78 is 16.6. The zero-order chi connectivity index (χ0) is 22.8. The Balaban J connectivity index is 1.63. The van der Waals surface area contributed by atoms with Crippen molar-refractivity contribution in [2.24, 2.45) is 0 Å². The zero-order valence-electron chi connectivity index (χ0n) is 18.1. The Labute approximate surface area is 187 Å². The molecule has 0 atom stereocenters. The van der Waals surface area contributed by atoms with E-state index in [9.17, 15) is 9.59 Å². The maximum atomic E-state index is 12.7. The first-order chi connectivity index (χ1) is 15.6. The van der Waals surface area contributed by atoms with E-state index < -0.39 is 0 Å². The van der Waals surface area contributed by atoms with Gasteiger partial charge in [-0.2, -0.15) is 5.26 Å². The van der Waals surface area contributed by atoms with Crippen LogP contribution >= 0.6 is 0 Å². The van der Waals surface area contributed by atoms with Gasteiger partial charge in [0.1, 0.15) is 11.8 Å². The molecule has 2 amide bonds. The largest absolute Gasteiger partial charge is 0.490 e. The van der Waals surface area contributed by atoms with Crippen LogP contribution in [0.2, 0.25) is 0 Å². The van der Waals surface area contributed by atoms with E-state index >= 15 is 0 Å². The Bertz CT molecular complexity index is 963. The van der Waals surface area contributed by atoms with Gasteiger partial charge in [-0.15, -0.1) is 0 Å². The van der Waals surface area contributed by atoms with Gasteiger partial charge in [-0.05, 0) is 68.7 Å². The molecule has 0 aliphatic carbocycles. The molecule has 3 rings (SSSR count). The molecule has 0 bridgehead atoms. The van der Waals surface area contributed by atoms with E-state index in [1.165, 1.54) is 0 Å². The van der Waals surface area contributed by atoms with Crippen molar-refractivity contribution in [3.05, 3.63) is 48.0 Å². The third-order valence-corrected chi connectivity index (χ3v) is 4.98. The molecular formula is C24H27N3O5. The van der Waals surface area contributed by atoms with Crippen molar-refractivity contribution >= 4 is 17.5 Å². The first-order valence-corrected chi connectivity index (χ1v) is 10.7. The van der Waals surface area contributed by atoms with Crippen LogP contribution in [0, 0.1) is 11.3 Å². The lowest BCUT2D eigenvalue weighted by Crippen LogP contribution is -2.38. The van der Waals surface area contributed by atoms with Crippen LogP contribution in [0.3, 0.4) is 0 Å². The number of nitrogens with zero attached hydrogens (tertiary/aromatic N) is 2. The summed E-state index contributed by atoms with van der Waals surface area (Å²) in [5, 5.41) is 11.4. The van der Waals surface area contributed by atoms with Gasteiger partial charge in [-0.25, -0.2) is 0 Å². The van der Waals surface area contributed by atoms with E-state index in [1.807, 2.05) is 17.9 Å². The number of hydrogen-bond donors (Lipinski definition) is 1. The summed E-state index contributed by atoms with van der Waals surface area (Å²) >= 11 is 0. The van der Waals surface area contributed by atoms with Gasteiger partial charge >= 0.3 is 0 Å². The Kier molecular flexibility index (Phi) is 8.32. The monoisotopic (exact) mass is 437 g/mol. The van der Waals surface area contributed by atoms with Crippen LogP contribution in [0.4, 0.5) is 5.69 Å². The number of likely N-dealkylation sites (tertiary alicyclic amines) is 1. The molecule has 8 heteroatoms. The second-order valence-corrected chi connectivity index (χ2v) is 7.25. The smallest absolute Gasteiger partial charge is 0.260 e. The van der Waals surface area contributed by atoms with E-state index in [1.54, 1.807) is 42.5 Å². The number of hydrogen-bond acceptors (Lipinski definition) is 6. The van der Waals surface area contributed by atoms with Crippen LogP contribution in [0.1, 0.15) is 36.5 Å². The molecule has 2 aromatic carbocycles. The zero-order valence-corrected chi connectivity index (χ0v) is 18.1. The van der Waals surface area contributed by atoms with Crippen LogP contribution in [0.5, 0.6) is 17.2 Å². The molecule has 32 heavy (non-hydrogen) atoms. The number of piperidine rings is 1. The van der Waals surface area contributed by atoms with Crippen molar-refractivity contribution in [3.63, 3.8) is 0 Å². The van der Waals surface area contributed by atoms with Crippen molar-refractivity contribution in [1.29, 1.82) is 5.26 Å². The van der Waals surface area contributed by atoms with E-state index in [4.69, 9.17) is 19.5 Å². The highest BCUT2D eigenvalue weighted by atomic mass is 16.5. The molecule has 0 radical (unpaired) electrons. The number of nitriles is 1. The van der Waals surface area contributed by atoms with Crippen molar-refractivity contribution in [1.82, 2.24) is 4.90 Å². The summed E-state index contributed by atoms with van der Waals surface area (Å²) in [6.07, 6.45) is 3.20. The summed E-state index contributed by atoms with van der Waals surface area (Å²) in [5.74, 6) is 1.02. The van der Waals surface area contributed by atoms with E-state index in [2.05, 4.69) is 5.32 Å². The number of rotatable bonds is 9. The minimum atomic E-state index is -0.312. The topological polar surface area (TPSA) is 101 Å². The van der Waals surface area contributed by atoms with Crippen LogP contribution < -0.4 is 19.5 Å². The average molecular weight is 437 g/mol. The van der Waals surface area contributed by atoms with Crippen LogP contribution in [0.15, 0.2) is 42.5 Å². The molecule has 1 aliphatic heterocycles. The number of benzene rings is 2. The number of anilines is 1. The second-order valence-electron chi connectivity index (χ2n) is 7.25. The molecule has 0 saturated carbocycles. The van der Waals surface area contributed by atoms with Gasteiger partial charge in [0.25, 0.3) is 11.8 Å². The SMILES string of the molecule is CCOc1cc(C(=O)Nc2ccc(OCC#N)cc2)ccc1OCC(=O)N1CCCCC1. The van der Waals surface area contributed by atoms with Crippen molar-refractivity contribution in [2.75, 3.05) is 38.2 Å². The Morgan fingerprint density at radius 3 is 2.44 bits per heavy atom. The standard InChI is InChI=1S/C24H27N3O5/c1-2-30-22-16-18(24(29)26-19-7-9-20(10-8-19)31-15-12-25)6-11-21(22)32-17-23(28)27-13-4-3-5-14-27/h6-11,16H,2-5,13-15,17H2,1H3,(H,26,29). The highest BCUT2D eigenvalue weighted by molar-refractivity contribution is 6.04. The minimum Gasteiger partial charge on any atom is -0.490 e. The predicted molar refractivity (Wildman–Crippen MR) is 119 cm³/mol. The third-order valence-electron chi connectivity index (χ3n) is 4.98. The van der Waals surface area contributed by atoms with Gasteiger partial charge in [-0.3, -0.25) is 9.59 Å². The fraction of sp³-hybridized carbons (Fsp3) is 0.375. The van der Waals surface area contributed by atoms with Gasteiger partial charge in [0.2, 0.25) is 0 Å². The normalized spacial score (nSPS) is 13.1. The van der Waals surface area contributed by atoms with Gasteiger partial charge < -0.3 is 24.4 Å². The molecule has 0 spiro atoms. The molecule has 0 unspecified atom stereocenters. The lowest BCUT2D eigenvalue weighted by atomic mass is 10.1. The maximum absolute atomic E-state index is 12.7. The molecule has 168 valence electrons. The second kappa shape index (κ2) is 11.6. The molecule has 1 heterocycles. The predicted octanol–water partition coefficient (Wildman–Crippen LogP) is 3.63. The first kappa shape index (κ1) is 22.9. The highest BCUT2D eigenvalue weighted by Crippen LogP contribution is 2.29. The van der Waals surface area contributed by atoms with Crippen molar-refractivity contribution in [3.8, 4) is 23.3 Å². The average Bonchev–Trinajstić information content (AvgIpc) is 2.83. The molecule has 1 saturated heterocycles. The lowest BCUT2D eigenvalue weighted by molar-refractivity contribution is -0.134. The summed E-state index contributed by atoms with van der Waals surface area (Å²) in [6.45, 7) is 3.67. The van der Waals surface area contributed by atoms with Gasteiger partial charge in [-0.1, -0.05) is 0 Å². The quantitative estimate of drug-likeness (QED) is 0.643. The van der Waals surface area contributed by atoms with Gasteiger partial charge in [0.15, 0.2) is 24.7 Å². The van der Waals surface area contributed by atoms with E-state index in [0.717, 1.165) is 32.4 Å². The molecule has 1 fully saturated rings. The summed E-state index contributed by atoms with van der Waals surface area (Å²) in [5.41, 5.74) is 0.984. The van der Waals surface area contributed by atoms with Crippen molar-refractivity contribution < 1.29 is 23.8 Å². The first-order valence-electron chi connectivity index (χ1n) is 10.7. The molecule has 8 nitrogen and oxygen atoms in total. The van der Waals surface area contributed by atoms with Gasteiger partial charge in [0.05, 0.1) is 6.61 Å². The molecule has 1 aliphatic rings. The number of nitrogens with one attached hydrogen (secondary N) is 1. The minimum absolute atomic E-state index is 0.0377. The number of ether oxygens (including phenoxy) is 3. The van der Waals surface area contributed by atoms with Gasteiger partial charge in [0, 0.05) is 24.3 Å². The van der Waals surface area contributed by atoms with Crippen LogP contribution in [-0.4, -0.2) is 49.6 Å².